The number of aromatic nitrogens is 4. The SMILES string of the molecule is Cc1cc(-c2cc(F)c3nncn3c2)sn1. The Morgan fingerprint density at radius 1 is 1.38 bits per heavy atom. The summed E-state index contributed by atoms with van der Waals surface area (Å²) in [5.74, 6) is -0.374. The highest BCUT2D eigenvalue weighted by atomic mass is 32.1. The Hall–Kier alpha value is -1.82. The van der Waals surface area contributed by atoms with Crippen molar-refractivity contribution in [3.05, 3.63) is 36.2 Å². The third kappa shape index (κ3) is 1.38. The maximum absolute atomic E-state index is 13.6. The molecule has 0 unspecified atom stereocenters. The molecule has 0 aliphatic rings. The largest absolute Gasteiger partial charge is 0.286 e. The second-order valence-electron chi connectivity index (χ2n) is 3.47. The first kappa shape index (κ1) is 9.41. The predicted molar refractivity (Wildman–Crippen MR) is 58.8 cm³/mol. The second-order valence-corrected chi connectivity index (χ2v) is 4.28. The van der Waals surface area contributed by atoms with Crippen molar-refractivity contribution in [2.24, 2.45) is 0 Å². The standard InChI is InChI=1S/C10H7FN4S/c1-6-2-9(16-14-6)7-3-8(11)10-13-12-5-15(10)4-7/h2-5H,1H3. The summed E-state index contributed by atoms with van der Waals surface area (Å²) in [4.78, 5) is 0.937. The average molecular weight is 234 g/mol. The third-order valence-corrected chi connectivity index (χ3v) is 3.19. The van der Waals surface area contributed by atoms with E-state index in [4.69, 9.17) is 0 Å². The van der Waals surface area contributed by atoms with Gasteiger partial charge in [-0.1, -0.05) is 0 Å². The van der Waals surface area contributed by atoms with Crippen molar-refractivity contribution in [1.82, 2.24) is 19.0 Å². The zero-order valence-corrected chi connectivity index (χ0v) is 9.20. The average Bonchev–Trinajstić information content (AvgIpc) is 2.85. The van der Waals surface area contributed by atoms with Gasteiger partial charge in [0.1, 0.15) is 6.33 Å². The fourth-order valence-electron chi connectivity index (χ4n) is 1.53. The minimum atomic E-state index is -0.374. The molecule has 0 fully saturated rings. The van der Waals surface area contributed by atoms with Gasteiger partial charge in [-0.3, -0.25) is 4.40 Å². The molecule has 3 aromatic rings. The lowest BCUT2D eigenvalue weighted by atomic mass is 10.2. The van der Waals surface area contributed by atoms with Crippen molar-refractivity contribution in [3.63, 3.8) is 0 Å². The van der Waals surface area contributed by atoms with Gasteiger partial charge in [-0.25, -0.2) is 4.39 Å². The smallest absolute Gasteiger partial charge is 0.196 e. The molecular weight excluding hydrogens is 227 g/mol. The van der Waals surface area contributed by atoms with Crippen LogP contribution in [0, 0.1) is 12.7 Å². The van der Waals surface area contributed by atoms with Gasteiger partial charge in [0.25, 0.3) is 0 Å². The Bertz CT molecular complexity index is 658. The van der Waals surface area contributed by atoms with Crippen molar-refractivity contribution in [2.75, 3.05) is 0 Å². The molecule has 16 heavy (non-hydrogen) atoms. The molecule has 6 heteroatoms. The Morgan fingerprint density at radius 2 is 2.25 bits per heavy atom. The lowest BCUT2D eigenvalue weighted by Crippen LogP contribution is -1.89. The van der Waals surface area contributed by atoms with Gasteiger partial charge in [0.2, 0.25) is 0 Å². The molecule has 0 saturated carbocycles. The number of nitrogens with zero attached hydrogens (tertiary/aromatic N) is 4. The minimum Gasteiger partial charge on any atom is -0.286 e. The van der Waals surface area contributed by atoms with Crippen molar-refractivity contribution in [1.29, 1.82) is 0 Å². The van der Waals surface area contributed by atoms with Gasteiger partial charge in [-0.2, -0.15) is 4.37 Å². The molecule has 0 aliphatic carbocycles. The molecule has 0 aliphatic heterocycles. The summed E-state index contributed by atoms with van der Waals surface area (Å²) < 4.78 is 19.4. The van der Waals surface area contributed by atoms with E-state index in [0.717, 1.165) is 16.1 Å². The normalized spacial score (nSPS) is 11.1. The van der Waals surface area contributed by atoms with E-state index in [0.29, 0.717) is 0 Å². The molecule has 3 heterocycles. The fraction of sp³-hybridized carbons (Fsp3) is 0.100. The molecule has 0 radical (unpaired) electrons. The first-order valence-electron chi connectivity index (χ1n) is 4.66. The molecule has 0 N–H and O–H groups in total. The van der Waals surface area contributed by atoms with Crippen LogP contribution in [0.2, 0.25) is 0 Å². The van der Waals surface area contributed by atoms with Crippen LogP contribution in [0.4, 0.5) is 4.39 Å². The van der Waals surface area contributed by atoms with Crippen LogP contribution in [0.15, 0.2) is 24.7 Å². The zero-order valence-electron chi connectivity index (χ0n) is 8.38. The summed E-state index contributed by atoms with van der Waals surface area (Å²) in [6.07, 6.45) is 3.28. The number of hydrogen-bond donors (Lipinski definition) is 0. The Labute approximate surface area is 94.5 Å². The van der Waals surface area contributed by atoms with E-state index in [1.54, 1.807) is 10.6 Å². The van der Waals surface area contributed by atoms with Crippen LogP contribution in [0.5, 0.6) is 0 Å². The van der Waals surface area contributed by atoms with E-state index in [1.807, 2.05) is 13.0 Å². The van der Waals surface area contributed by atoms with Crippen molar-refractivity contribution >= 4 is 17.2 Å². The van der Waals surface area contributed by atoms with Gasteiger partial charge in [0, 0.05) is 11.8 Å². The summed E-state index contributed by atoms with van der Waals surface area (Å²) in [5.41, 5.74) is 1.96. The van der Waals surface area contributed by atoms with Gasteiger partial charge < -0.3 is 0 Å². The van der Waals surface area contributed by atoms with Crippen LogP contribution in [-0.2, 0) is 0 Å². The number of pyridine rings is 1. The van der Waals surface area contributed by atoms with Gasteiger partial charge in [-0.15, -0.1) is 10.2 Å². The molecule has 3 rings (SSSR count). The number of rotatable bonds is 1. The van der Waals surface area contributed by atoms with Gasteiger partial charge >= 0.3 is 0 Å². The lowest BCUT2D eigenvalue weighted by Gasteiger charge is -1.99. The van der Waals surface area contributed by atoms with Crippen LogP contribution in [0.1, 0.15) is 5.69 Å². The highest BCUT2D eigenvalue weighted by Crippen LogP contribution is 2.25. The van der Waals surface area contributed by atoms with Crippen LogP contribution < -0.4 is 0 Å². The monoisotopic (exact) mass is 234 g/mol. The van der Waals surface area contributed by atoms with Crippen LogP contribution in [0.3, 0.4) is 0 Å². The molecule has 80 valence electrons. The first-order chi connectivity index (χ1) is 7.74. The molecule has 4 nitrogen and oxygen atoms in total. The first-order valence-corrected chi connectivity index (χ1v) is 5.44. The Balaban J connectivity index is 2.24. The molecule has 0 saturated heterocycles. The van der Waals surface area contributed by atoms with Gasteiger partial charge in [-0.05, 0) is 30.6 Å². The Kier molecular flexibility index (Phi) is 1.97. The van der Waals surface area contributed by atoms with E-state index in [9.17, 15) is 4.39 Å². The third-order valence-electron chi connectivity index (χ3n) is 2.26. The van der Waals surface area contributed by atoms with Crippen LogP contribution >= 0.6 is 11.5 Å². The highest BCUT2D eigenvalue weighted by molar-refractivity contribution is 7.09. The van der Waals surface area contributed by atoms with E-state index in [1.165, 1.54) is 23.9 Å². The highest BCUT2D eigenvalue weighted by Gasteiger charge is 2.09. The lowest BCUT2D eigenvalue weighted by molar-refractivity contribution is 0.630. The number of fused-ring (bicyclic) bond motifs is 1. The van der Waals surface area contributed by atoms with E-state index < -0.39 is 0 Å². The molecule has 0 amide bonds. The summed E-state index contributed by atoms with van der Waals surface area (Å²) in [5, 5.41) is 7.35. The number of hydrogen-bond acceptors (Lipinski definition) is 4. The van der Waals surface area contributed by atoms with E-state index in [-0.39, 0.29) is 11.5 Å². The van der Waals surface area contributed by atoms with E-state index >= 15 is 0 Å². The minimum absolute atomic E-state index is 0.241. The molecule has 0 spiro atoms. The van der Waals surface area contributed by atoms with Crippen LogP contribution in [-0.4, -0.2) is 19.0 Å². The van der Waals surface area contributed by atoms with E-state index in [2.05, 4.69) is 14.6 Å². The summed E-state index contributed by atoms with van der Waals surface area (Å²) in [7, 11) is 0. The summed E-state index contributed by atoms with van der Waals surface area (Å²) >= 11 is 1.35. The maximum atomic E-state index is 13.6. The van der Waals surface area contributed by atoms with Gasteiger partial charge in [0.05, 0.1) is 10.6 Å². The molecule has 0 atom stereocenters. The second kappa shape index (κ2) is 3.34. The topological polar surface area (TPSA) is 43.1 Å². The Morgan fingerprint density at radius 3 is 3.00 bits per heavy atom. The number of halogens is 1. The summed E-state index contributed by atoms with van der Waals surface area (Å²) in [6, 6.07) is 3.38. The maximum Gasteiger partial charge on any atom is 0.196 e. The molecule has 0 aromatic carbocycles. The fourth-order valence-corrected chi connectivity index (χ4v) is 2.27. The van der Waals surface area contributed by atoms with Crippen molar-refractivity contribution in [3.8, 4) is 10.4 Å². The quantitative estimate of drug-likeness (QED) is 0.649. The van der Waals surface area contributed by atoms with Crippen LogP contribution in [0.25, 0.3) is 16.1 Å². The van der Waals surface area contributed by atoms with Crippen molar-refractivity contribution < 1.29 is 4.39 Å². The molecule has 0 bridgehead atoms. The predicted octanol–water partition coefficient (Wildman–Crippen LogP) is 2.30. The zero-order chi connectivity index (χ0) is 11.1. The van der Waals surface area contributed by atoms with Crippen molar-refractivity contribution in [2.45, 2.75) is 6.92 Å². The van der Waals surface area contributed by atoms with Gasteiger partial charge in [0.15, 0.2) is 11.5 Å². The molecular formula is C10H7FN4S. The summed E-state index contributed by atoms with van der Waals surface area (Å²) in [6.45, 7) is 1.91. The molecule has 3 aromatic heterocycles. The number of aryl methyl sites for hydroxylation is 1.